The number of anilines is 2. The first kappa shape index (κ1) is 22.8. The third-order valence-corrected chi connectivity index (χ3v) is 5.79. The first-order valence-electron chi connectivity index (χ1n) is 9.58. The van der Waals surface area contributed by atoms with Crippen LogP contribution in [0.15, 0.2) is 30.3 Å². The van der Waals surface area contributed by atoms with Crippen LogP contribution in [-0.2, 0) is 9.53 Å². The van der Waals surface area contributed by atoms with Crippen molar-refractivity contribution in [3.63, 3.8) is 0 Å². The van der Waals surface area contributed by atoms with Crippen LogP contribution in [0.25, 0.3) is 11.1 Å². The van der Waals surface area contributed by atoms with Crippen molar-refractivity contribution in [3.05, 3.63) is 40.9 Å². The highest BCUT2D eigenvalue weighted by Gasteiger charge is 2.47. The van der Waals surface area contributed by atoms with E-state index in [1.807, 2.05) is 12.1 Å². The van der Waals surface area contributed by atoms with E-state index >= 15 is 0 Å². The molecule has 3 rings (SSSR count). The molecule has 4 N–H and O–H groups in total. The molecule has 0 fully saturated rings. The number of hydrogen-bond acceptors (Lipinski definition) is 9. The van der Waals surface area contributed by atoms with Gasteiger partial charge in [0.05, 0.1) is 36.2 Å². The predicted octanol–water partition coefficient (Wildman–Crippen LogP) is 1.83. The fourth-order valence-electron chi connectivity index (χ4n) is 3.90. The van der Waals surface area contributed by atoms with Gasteiger partial charge >= 0.3 is 5.97 Å². The number of methoxy groups -OCH3 is 2. The first-order valence-corrected chi connectivity index (χ1v) is 9.96. The summed E-state index contributed by atoms with van der Waals surface area (Å²) in [5.41, 5.74) is 5.76. The van der Waals surface area contributed by atoms with E-state index in [4.69, 9.17) is 21.1 Å². The van der Waals surface area contributed by atoms with Gasteiger partial charge in [0.15, 0.2) is 11.8 Å². The molecule has 1 aliphatic heterocycles. The maximum atomic E-state index is 13.0. The number of nitrogens with one attached hydrogen (secondary N) is 4. The molecular formula is C21H26ClN5O4. The van der Waals surface area contributed by atoms with Gasteiger partial charge in [-0.3, -0.25) is 15.6 Å². The van der Waals surface area contributed by atoms with Gasteiger partial charge in [0.2, 0.25) is 0 Å². The summed E-state index contributed by atoms with van der Waals surface area (Å²) in [7, 11) is 7.98. The molecule has 2 aromatic rings. The van der Waals surface area contributed by atoms with Crippen molar-refractivity contribution >= 4 is 35.2 Å². The largest absolute Gasteiger partial charge is 0.495 e. The summed E-state index contributed by atoms with van der Waals surface area (Å²) in [6.07, 6.45) is 0.790. The quantitative estimate of drug-likeness (QED) is 0.287. The normalized spacial score (nSPS) is 16.8. The Balaban J connectivity index is 2.33. The summed E-state index contributed by atoms with van der Waals surface area (Å²) in [5, 5.41) is 11.6. The number of fused-ring (bicyclic) bond motifs is 1. The predicted molar refractivity (Wildman–Crippen MR) is 121 cm³/mol. The topological polar surface area (TPSA) is 104 Å². The third kappa shape index (κ3) is 3.70. The van der Waals surface area contributed by atoms with E-state index in [9.17, 15) is 9.59 Å². The van der Waals surface area contributed by atoms with Gasteiger partial charge in [-0.15, -0.1) is 0 Å². The number of benzene rings is 2. The number of hydrazine groups is 1. The Bertz CT molecular complexity index is 996. The van der Waals surface area contributed by atoms with Crippen molar-refractivity contribution in [2.45, 2.75) is 11.8 Å². The number of ether oxygens (including phenoxy) is 2. The zero-order chi connectivity index (χ0) is 22.8. The second-order valence-corrected chi connectivity index (χ2v) is 7.24. The van der Waals surface area contributed by atoms with Crippen LogP contribution in [0.1, 0.15) is 10.4 Å². The number of rotatable bonds is 7. The maximum absolute atomic E-state index is 13.0. The summed E-state index contributed by atoms with van der Waals surface area (Å²) < 4.78 is 10.4. The molecule has 0 spiro atoms. The van der Waals surface area contributed by atoms with Crippen molar-refractivity contribution in [2.24, 2.45) is 0 Å². The molecule has 166 valence electrons. The molecule has 0 saturated heterocycles. The molecule has 0 aromatic heterocycles. The lowest BCUT2D eigenvalue weighted by atomic mass is 9.93. The van der Waals surface area contributed by atoms with Gasteiger partial charge in [0.25, 0.3) is 0 Å². The number of halogens is 1. The Labute approximate surface area is 186 Å². The van der Waals surface area contributed by atoms with E-state index in [0.717, 1.165) is 6.29 Å². The molecule has 1 aliphatic rings. The third-order valence-electron chi connectivity index (χ3n) is 5.48. The van der Waals surface area contributed by atoms with Crippen LogP contribution in [0, 0.1) is 0 Å². The van der Waals surface area contributed by atoms with Gasteiger partial charge in [-0.25, -0.2) is 10.2 Å². The Hall–Kier alpha value is -2.85. The Kier molecular flexibility index (Phi) is 6.71. The minimum atomic E-state index is -0.976. The SMILES string of the molecule is CNN1c2c(ccc(-c3ccc(Cl)c(OC)c3)c2C(=O)OC)NC(NC)(NC)C1C=O. The van der Waals surface area contributed by atoms with Crippen LogP contribution in [0.3, 0.4) is 0 Å². The zero-order valence-electron chi connectivity index (χ0n) is 18.0. The molecule has 1 atom stereocenters. The fourth-order valence-corrected chi connectivity index (χ4v) is 4.09. The van der Waals surface area contributed by atoms with Crippen molar-refractivity contribution in [1.29, 1.82) is 0 Å². The molecule has 1 heterocycles. The lowest BCUT2D eigenvalue weighted by Crippen LogP contribution is -2.75. The summed E-state index contributed by atoms with van der Waals surface area (Å²) in [6, 6.07) is 8.14. The molecule has 9 nitrogen and oxygen atoms in total. The summed E-state index contributed by atoms with van der Waals surface area (Å²) in [5.74, 6) is -1.05. The summed E-state index contributed by atoms with van der Waals surface area (Å²) in [6.45, 7) is 0. The van der Waals surface area contributed by atoms with Crippen LogP contribution in [0.2, 0.25) is 5.02 Å². The second-order valence-electron chi connectivity index (χ2n) is 6.83. The van der Waals surface area contributed by atoms with Crippen molar-refractivity contribution < 1.29 is 19.1 Å². The lowest BCUT2D eigenvalue weighted by molar-refractivity contribution is -0.110. The molecule has 0 aliphatic carbocycles. The molecule has 10 heteroatoms. The Morgan fingerprint density at radius 1 is 1.19 bits per heavy atom. The van der Waals surface area contributed by atoms with Crippen molar-refractivity contribution in [3.8, 4) is 16.9 Å². The fraction of sp³-hybridized carbons (Fsp3) is 0.333. The van der Waals surface area contributed by atoms with E-state index in [1.54, 1.807) is 44.4 Å². The van der Waals surface area contributed by atoms with Crippen molar-refractivity contribution in [1.82, 2.24) is 16.1 Å². The van der Waals surface area contributed by atoms with Gasteiger partial charge in [-0.2, -0.15) is 0 Å². The van der Waals surface area contributed by atoms with Gasteiger partial charge in [0, 0.05) is 7.05 Å². The number of carbonyl (C=O) groups excluding carboxylic acids is 2. The van der Waals surface area contributed by atoms with E-state index < -0.39 is 17.8 Å². The molecule has 1 unspecified atom stereocenters. The van der Waals surface area contributed by atoms with E-state index in [2.05, 4.69) is 21.4 Å². The molecule has 0 saturated carbocycles. The van der Waals surface area contributed by atoms with E-state index in [-0.39, 0.29) is 0 Å². The van der Waals surface area contributed by atoms with Crippen molar-refractivity contribution in [2.75, 3.05) is 45.7 Å². The monoisotopic (exact) mass is 447 g/mol. The Morgan fingerprint density at radius 3 is 2.45 bits per heavy atom. The van der Waals surface area contributed by atoms with Crippen LogP contribution in [0.5, 0.6) is 5.75 Å². The molecule has 0 amide bonds. The number of aldehydes is 1. The van der Waals surface area contributed by atoms with Crippen LogP contribution in [0.4, 0.5) is 11.4 Å². The zero-order valence-corrected chi connectivity index (χ0v) is 18.8. The average Bonchev–Trinajstić information content (AvgIpc) is 2.81. The molecular weight excluding hydrogens is 422 g/mol. The van der Waals surface area contributed by atoms with Gasteiger partial charge in [0.1, 0.15) is 12.0 Å². The standard InChI is InChI=1S/C21H26ClN5O4/c1-23-21(24-2)17(11-28)27(25-3)19-15(26-21)9-7-13(18(19)20(29)31-5)12-6-8-14(22)16(10-12)30-4/h6-11,17,23-26H,1-5H3. The van der Waals surface area contributed by atoms with E-state index in [1.165, 1.54) is 14.2 Å². The first-order chi connectivity index (χ1) is 14.9. The maximum Gasteiger partial charge on any atom is 0.340 e. The van der Waals surface area contributed by atoms with E-state index in [0.29, 0.717) is 38.8 Å². The second kappa shape index (κ2) is 9.11. The minimum Gasteiger partial charge on any atom is -0.495 e. The molecule has 0 radical (unpaired) electrons. The molecule has 2 aromatic carbocycles. The van der Waals surface area contributed by atoms with Gasteiger partial charge in [-0.1, -0.05) is 23.7 Å². The highest BCUT2D eigenvalue weighted by atomic mass is 35.5. The molecule has 31 heavy (non-hydrogen) atoms. The van der Waals surface area contributed by atoms with Gasteiger partial charge < -0.3 is 19.6 Å². The number of esters is 1. The number of carbonyl (C=O) groups is 2. The van der Waals surface area contributed by atoms with Crippen LogP contribution in [-0.4, -0.2) is 59.4 Å². The Morgan fingerprint density at radius 2 is 1.90 bits per heavy atom. The van der Waals surface area contributed by atoms with Crippen LogP contribution < -0.4 is 31.1 Å². The van der Waals surface area contributed by atoms with Gasteiger partial charge in [-0.05, 0) is 43.4 Å². The number of nitrogens with zero attached hydrogens (tertiary/aromatic N) is 1. The number of hydrogen-bond donors (Lipinski definition) is 4. The minimum absolute atomic E-state index is 0.291. The van der Waals surface area contributed by atoms with Crippen LogP contribution >= 0.6 is 11.6 Å². The summed E-state index contributed by atoms with van der Waals surface area (Å²) in [4.78, 5) is 25.1. The highest BCUT2D eigenvalue weighted by Crippen LogP contribution is 2.43. The molecule has 0 bridgehead atoms. The smallest absolute Gasteiger partial charge is 0.340 e. The highest BCUT2D eigenvalue weighted by molar-refractivity contribution is 6.32. The lowest BCUT2D eigenvalue weighted by Gasteiger charge is -2.49. The number of likely N-dealkylation sites (N-methyl/N-ethyl adjacent to an activating group) is 2. The average molecular weight is 448 g/mol. The summed E-state index contributed by atoms with van der Waals surface area (Å²) >= 11 is 6.18.